The molecule has 0 radical (unpaired) electrons. The van der Waals surface area contributed by atoms with Crippen molar-refractivity contribution in [3.8, 4) is 0 Å². The van der Waals surface area contributed by atoms with Crippen molar-refractivity contribution in [2.24, 2.45) is 11.1 Å². The minimum absolute atomic E-state index is 0.336. The van der Waals surface area contributed by atoms with E-state index in [1.807, 2.05) is 0 Å². The van der Waals surface area contributed by atoms with Crippen LogP contribution in [0.4, 0.5) is 0 Å². The predicted octanol–water partition coefficient (Wildman–Crippen LogP) is 2.01. The SMILES string of the molecule is CCC1CCCCN1CC1(CN)CCOCC1. The largest absolute Gasteiger partial charge is 0.381 e. The van der Waals surface area contributed by atoms with Gasteiger partial charge >= 0.3 is 0 Å². The molecule has 0 aromatic rings. The van der Waals surface area contributed by atoms with Crippen LogP contribution in [0, 0.1) is 5.41 Å². The second-order valence-electron chi connectivity index (χ2n) is 5.84. The van der Waals surface area contributed by atoms with Crippen molar-refractivity contribution < 1.29 is 4.74 Å². The molecular weight excluding hydrogens is 212 g/mol. The first-order valence-corrected chi connectivity index (χ1v) is 7.31. The van der Waals surface area contributed by atoms with Crippen LogP contribution in [0.1, 0.15) is 45.4 Å². The van der Waals surface area contributed by atoms with Crippen LogP contribution in [-0.4, -0.2) is 43.8 Å². The zero-order chi connectivity index (χ0) is 12.1. The highest BCUT2D eigenvalue weighted by Crippen LogP contribution is 2.33. The molecule has 3 nitrogen and oxygen atoms in total. The summed E-state index contributed by atoms with van der Waals surface area (Å²) in [5.41, 5.74) is 6.40. The van der Waals surface area contributed by atoms with Crippen LogP contribution in [0.3, 0.4) is 0 Å². The highest BCUT2D eigenvalue weighted by Gasteiger charge is 2.35. The van der Waals surface area contributed by atoms with E-state index in [2.05, 4.69) is 11.8 Å². The van der Waals surface area contributed by atoms with Crippen molar-refractivity contribution >= 4 is 0 Å². The normalized spacial score (nSPS) is 30.4. The van der Waals surface area contributed by atoms with Crippen molar-refractivity contribution in [3.63, 3.8) is 0 Å². The number of ether oxygens (including phenoxy) is 1. The van der Waals surface area contributed by atoms with E-state index in [9.17, 15) is 0 Å². The number of rotatable bonds is 4. The number of piperidine rings is 1. The van der Waals surface area contributed by atoms with Gasteiger partial charge in [-0.3, -0.25) is 4.90 Å². The molecule has 0 aromatic carbocycles. The molecule has 17 heavy (non-hydrogen) atoms. The molecule has 2 aliphatic heterocycles. The molecule has 2 aliphatic rings. The zero-order valence-corrected chi connectivity index (χ0v) is 11.3. The molecule has 2 N–H and O–H groups in total. The Morgan fingerprint density at radius 2 is 2.06 bits per heavy atom. The summed E-state index contributed by atoms with van der Waals surface area (Å²) in [7, 11) is 0. The summed E-state index contributed by atoms with van der Waals surface area (Å²) in [5, 5.41) is 0. The Labute approximate surface area is 106 Å². The summed E-state index contributed by atoms with van der Waals surface area (Å²) in [4.78, 5) is 2.71. The van der Waals surface area contributed by atoms with Crippen molar-refractivity contribution in [2.45, 2.75) is 51.5 Å². The second-order valence-corrected chi connectivity index (χ2v) is 5.84. The molecule has 1 unspecified atom stereocenters. The first kappa shape index (κ1) is 13.3. The van der Waals surface area contributed by atoms with E-state index in [-0.39, 0.29) is 0 Å². The zero-order valence-electron chi connectivity index (χ0n) is 11.3. The van der Waals surface area contributed by atoms with Gasteiger partial charge in [-0.15, -0.1) is 0 Å². The first-order chi connectivity index (χ1) is 8.29. The van der Waals surface area contributed by atoms with E-state index in [0.29, 0.717) is 5.41 Å². The lowest BCUT2D eigenvalue weighted by molar-refractivity contribution is -0.0137. The Kier molecular flexibility index (Phi) is 4.83. The minimum Gasteiger partial charge on any atom is -0.381 e. The van der Waals surface area contributed by atoms with E-state index in [4.69, 9.17) is 10.5 Å². The van der Waals surface area contributed by atoms with E-state index in [0.717, 1.165) is 38.6 Å². The van der Waals surface area contributed by atoms with Gasteiger partial charge < -0.3 is 10.5 Å². The monoisotopic (exact) mass is 240 g/mol. The van der Waals surface area contributed by atoms with Gasteiger partial charge in [0.25, 0.3) is 0 Å². The highest BCUT2D eigenvalue weighted by atomic mass is 16.5. The fourth-order valence-corrected chi connectivity index (χ4v) is 3.39. The number of hydrogen-bond donors (Lipinski definition) is 1. The number of nitrogens with two attached hydrogens (primary N) is 1. The summed E-state index contributed by atoms with van der Waals surface area (Å²) in [6.07, 6.45) is 7.75. The van der Waals surface area contributed by atoms with Gasteiger partial charge in [-0.05, 0) is 50.6 Å². The number of likely N-dealkylation sites (tertiary alicyclic amines) is 1. The van der Waals surface area contributed by atoms with Gasteiger partial charge in [-0.1, -0.05) is 13.3 Å². The van der Waals surface area contributed by atoms with Gasteiger partial charge in [0, 0.05) is 25.8 Å². The van der Waals surface area contributed by atoms with Crippen LogP contribution < -0.4 is 5.73 Å². The lowest BCUT2D eigenvalue weighted by atomic mass is 9.79. The maximum absolute atomic E-state index is 6.06. The molecule has 0 aromatic heterocycles. The molecule has 0 saturated carbocycles. The van der Waals surface area contributed by atoms with E-state index in [1.54, 1.807) is 0 Å². The molecule has 0 spiro atoms. The van der Waals surface area contributed by atoms with Gasteiger partial charge in [-0.2, -0.15) is 0 Å². The van der Waals surface area contributed by atoms with Gasteiger partial charge in [0.05, 0.1) is 0 Å². The van der Waals surface area contributed by atoms with Gasteiger partial charge in [0.2, 0.25) is 0 Å². The second kappa shape index (κ2) is 6.17. The molecule has 2 fully saturated rings. The summed E-state index contributed by atoms with van der Waals surface area (Å²) < 4.78 is 5.49. The molecule has 0 aliphatic carbocycles. The average Bonchev–Trinajstić information content (AvgIpc) is 2.40. The highest BCUT2D eigenvalue weighted by molar-refractivity contribution is 4.89. The summed E-state index contributed by atoms with van der Waals surface area (Å²) in [5.74, 6) is 0. The van der Waals surface area contributed by atoms with Crippen LogP contribution in [0.25, 0.3) is 0 Å². The predicted molar refractivity (Wildman–Crippen MR) is 71.0 cm³/mol. The fourth-order valence-electron chi connectivity index (χ4n) is 3.39. The molecule has 2 rings (SSSR count). The lowest BCUT2D eigenvalue weighted by Gasteiger charge is -2.44. The van der Waals surface area contributed by atoms with Crippen molar-refractivity contribution in [1.82, 2.24) is 4.90 Å². The summed E-state index contributed by atoms with van der Waals surface area (Å²) in [6, 6.07) is 0.801. The molecule has 2 heterocycles. The first-order valence-electron chi connectivity index (χ1n) is 7.31. The average molecular weight is 240 g/mol. The molecule has 0 amide bonds. The lowest BCUT2D eigenvalue weighted by Crippen LogP contribution is -2.50. The van der Waals surface area contributed by atoms with Gasteiger partial charge in [-0.25, -0.2) is 0 Å². The maximum atomic E-state index is 6.06. The molecule has 100 valence electrons. The summed E-state index contributed by atoms with van der Waals surface area (Å²) >= 11 is 0. The Bertz CT molecular complexity index is 226. The molecule has 3 heteroatoms. The Hall–Kier alpha value is -0.120. The van der Waals surface area contributed by atoms with E-state index >= 15 is 0 Å². The Balaban J connectivity index is 1.96. The van der Waals surface area contributed by atoms with Crippen LogP contribution in [0.2, 0.25) is 0 Å². The van der Waals surface area contributed by atoms with Crippen molar-refractivity contribution in [1.29, 1.82) is 0 Å². The van der Waals surface area contributed by atoms with Gasteiger partial charge in [0.1, 0.15) is 0 Å². The molecular formula is C14H28N2O. The van der Waals surface area contributed by atoms with Crippen LogP contribution in [0.5, 0.6) is 0 Å². The third kappa shape index (κ3) is 3.21. The maximum Gasteiger partial charge on any atom is 0.0472 e. The van der Waals surface area contributed by atoms with Crippen LogP contribution in [-0.2, 0) is 4.74 Å². The quantitative estimate of drug-likeness (QED) is 0.817. The van der Waals surface area contributed by atoms with Crippen molar-refractivity contribution in [3.05, 3.63) is 0 Å². The number of nitrogens with zero attached hydrogens (tertiary/aromatic N) is 1. The topological polar surface area (TPSA) is 38.5 Å². The van der Waals surface area contributed by atoms with Crippen LogP contribution in [0.15, 0.2) is 0 Å². The summed E-state index contributed by atoms with van der Waals surface area (Å²) in [6.45, 7) is 7.43. The third-order valence-electron chi connectivity index (χ3n) is 4.75. The van der Waals surface area contributed by atoms with Crippen molar-refractivity contribution in [2.75, 3.05) is 32.8 Å². The number of hydrogen-bond acceptors (Lipinski definition) is 3. The molecule has 0 bridgehead atoms. The van der Waals surface area contributed by atoms with Crippen LogP contribution >= 0.6 is 0 Å². The smallest absolute Gasteiger partial charge is 0.0472 e. The fraction of sp³-hybridized carbons (Fsp3) is 1.00. The molecule has 1 atom stereocenters. The molecule has 2 saturated heterocycles. The standard InChI is InChI=1S/C14H28N2O/c1-2-13-5-3-4-8-16(13)12-14(11-15)6-9-17-10-7-14/h13H,2-12,15H2,1H3. The minimum atomic E-state index is 0.336. The third-order valence-corrected chi connectivity index (χ3v) is 4.75. The van der Waals surface area contributed by atoms with Gasteiger partial charge in [0.15, 0.2) is 0 Å². The Morgan fingerprint density at radius 1 is 1.29 bits per heavy atom. The van der Waals surface area contributed by atoms with E-state index in [1.165, 1.54) is 38.8 Å². The Morgan fingerprint density at radius 3 is 2.71 bits per heavy atom. The van der Waals surface area contributed by atoms with E-state index < -0.39 is 0 Å².